The second-order valence-corrected chi connectivity index (χ2v) is 4.78. The van der Waals surface area contributed by atoms with Crippen LogP contribution in [-0.4, -0.2) is 14.9 Å². The molecule has 0 saturated carbocycles. The van der Waals surface area contributed by atoms with E-state index < -0.39 is 0 Å². The lowest BCUT2D eigenvalue weighted by atomic mass is 10.1. The quantitative estimate of drug-likeness (QED) is 0.925. The zero-order chi connectivity index (χ0) is 13.3. The predicted molar refractivity (Wildman–Crippen MR) is 73.3 cm³/mol. The SMILES string of the molecule is CCc1c(C)nn(-c2ccc(Cl)cc2CO)c1C. The van der Waals surface area contributed by atoms with Crippen molar-refractivity contribution in [2.45, 2.75) is 33.8 Å². The molecule has 2 rings (SSSR count). The Labute approximate surface area is 112 Å². The van der Waals surface area contributed by atoms with Gasteiger partial charge in [-0.25, -0.2) is 4.68 Å². The van der Waals surface area contributed by atoms with E-state index >= 15 is 0 Å². The van der Waals surface area contributed by atoms with Crippen LogP contribution in [0.3, 0.4) is 0 Å². The molecule has 1 heterocycles. The molecular weight excluding hydrogens is 248 g/mol. The van der Waals surface area contributed by atoms with Gasteiger partial charge in [0.2, 0.25) is 0 Å². The van der Waals surface area contributed by atoms with Gasteiger partial charge in [0.15, 0.2) is 0 Å². The molecule has 0 fully saturated rings. The molecule has 0 saturated heterocycles. The fourth-order valence-corrected chi connectivity index (χ4v) is 2.50. The van der Waals surface area contributed by atoms with Crippen LogP contribution < -0.4 is 0 Å². The summed E-state index contributed by atoms with van der Waals surface area (Å²) < 4.78 is 1.88. The summed E-state index contributed by atoms with van der Waals surface area (Å²) >= 11 is 5.95. The van der Waals surface area contributed by atoms with E-state index in [1.807, 2.05) is 23.7 Å². The Morgan fingerprint density at radius 3 is 2.61 bits per heavy atom. The molecule has 1 aromatic heterocycles. The van der Waals surface area contributed by atoms with E-state index in [0.717, 1.165) is 29.1 Å². The van der Waals surface area contributed by atoms with Crippen LogP contribution in [-0.2, 0) is 13.0 Å². The average molecular weight is 265 g/mol. The molecule has 0 amide bonds. The van der Waals surface area contributed by atoms with E-state index in [1.165, 1.54) is 5.56 Å². The third-order valence-electron chi connectivity index (χ3n) is 3.23. The number of aliphatic hydroxyl groups excluding tert-OH is 1. The van der Waals surface area contributed by atoms with Gasteiger partial charge in [-0.15, -0.1) is 0 Å². The van der Waals surface area contributed by atoms with Crippen LogP contribution in [0.4, 0.5) is 0 Å². The molecule has 0 aliphatic heterocycles. The van der Waals surface area contributed by atoms with Crippen LogP contribution >= 0.6 is 11.6 Å². The van der Waals surface area contributed by atoms with Gasteiger partial charge in [0.1, 0.15) is 0 Å². The van der Waals surface area contributed by atoms with Crippen LogP contribution in [0.2, 0.25) is 5.02 Å². The van der Waals surface area contributed by atoms with Crippen molar-refractivity contribution >= 4 is 11.6 Å². The van der Waals surface area contributed by atoms with Crippen LogP contribution in [0.15, 0.2) is 18.2 Å². The van der Waals surface area contributed by atoms with Crippen LogP contribution in [0, 0.1) is 13.8 Å². The zero-order valence-corrected chi connectivity index (χ0v) is 11.6. The molecule has 1 aromatic carbocycles. The normalized spacial score (nSPS) is 10.9. The molecule has 4 heteroatoms. The number of hydrogen-bond acceptors (Lipinski definition) is 2. The number of hydrogen-bond donors (Lipinski definition) is 1. The predicted octanol–water partition coefficient (Wildman–Crippen LogP) is 3.20. The summed E-state index contributed by atoms with van der Waals surface area (Å²) in [6, 6.07) is 5.49. The molecule has 18 heavy (non-hydrogen) atoms. The molecule has 2 aromatic rings. The lowest BCUT2D eigenvalue weighted by Gasteiger charge is -2.10. The Hall–Kier alpha value is -1.32. The first-order valence-corrected chi connectivity index (χ1v) is 6.41. The summed E-state index contributed by atoms with van der Waals surface area (Å²) in [6.07, 6.45) is 0.958. The molecular formula is C14H17ClN2O. The summed E-state index contributed by atoms with van der Waals surface area (Å²) in [5.41, 5.74) is 5.09. The first-order valence-electron chi connectivity index (χ1n) is 6.03. The van der Waals surface area contributed by atoms with Crippen molar-refractivity contribution < 1.29 is 5.11 Å². The van der Waals surface area contributed by atoms with Gasteiger partial charge >= 0.3 is 0 Å². The number of rotatable bonds is 3. The van der Waals surface area contributed by atoms with Gasteiger partial charge in [0, 0.05) is 16.3 Å². The average Bonchev–Trinajstić information content (AvgIpc) is 2.64. The van der Waals surface area contributed by atoms with Gasteiger partial charge in [-0.2, -0.15) is 5.10 Å². The van der Waals surface area contributed by atoms with Gasteiger partial charge < -0.3 is 5.11 Å². The second kappa shape index (κ2) is 5.12. The molecule has 0 unspecified atom stereocenters. The first-order chi connectivity index (χ1) is 8.58. The molecule has 1 N–H and O–H groups in total. The lowest BCUT2D eigenvalue weighted by Crippen LogP contribution is -2.04. The van der Waals surface area contributed by atoms with E-state index in [-0.39, 0.29) is 6.61 Å². The maximum Gasteiger partial charge on any atom is 0.0705 e. The van der Waals surface area contributed by atoms with E-state index in [4.69, 9.17) is 11.6 Å². The molecule has 0 spiro atoms. The van der Waals surface area contributed by atoms with Crippen molar-refractivity contribution in [3.05, 3.63) is 45.7 Å². The van der Waals surface area contributed by atoms with E-state index in [1.54, 1.807) is 6.07 Å². The van der Waals surface area contributed by atoms with Crippen molar-refractivity contribution in [1.82, 2.24) is 9.78 Å². The maximum absolute atomic E-state index is 9.43. The minimum Gasteiger partial charge on any atom is -0.392 e. The van der Waals surface area contributed by atoms with Gasteiger partial charge in [-0.05, 0) is 44.0 Å². The molecule has 0 aliphatic rings. The van der Waals surface area contributed by atoms with Crippen molar-refractivity contribution in [1.29, 1.82) is 0 Å². The minimum absolute atomic E-state index is 0.0459. The number of benzene rings is 1. The molecule has 0 atom stereocenters. The van der Waals surface area contributed by atoms with Crippen LogP contribution in [0.5, 0.6) is 0 Å². The number of aryl methyl sites for hydroxylation is 1. The number of aromatic nitrogens is 2. The minimum atomic E-state index is -0.0459. The topological polar surface area (TPSA) is 38.0 Å². The summed E-state index contributed by atoms with van der Waals surface area (Å²) in [5, 5.41) is 14.6. The third-order valence-corrected chi connectivity index (χ3v) is 3.47. The highest BCUT2D eigenvalue weighted by Crippen LogP contribution is 2.23. The molecule has 0 radical (unpaired) electrons. The Kier molecular flexibility index (Phi) is 3.73. The highest BCUT2D eigenvalue weighted by Gasteiger charge is 2.13. The fraction of sp³-hybridized carbons (Fsp3) is 0.357. The summed E-state index contributed by atoms with van der Waals surface area (Å²) in [7, 11) is 0. The largest absolute Gasteiger partial charge is 0.392 e. The molecule has 0 bridgehead atoms. The van der Waals surface area contributed by atoms with Crippen molar-refractivity contribution in [3.63, 3.8) is 0 Å². The Balaban J connectivity index is 2.62. The van der Waals surface area contributed by atoms with E-state index in [0.29, 0.717) is 5.02 Å². The standard InChI is InChI=1S/C14H17ClN2O/c1-4-13-9(2)16-17(10(13)3)14-6-5-12(15)7-11(14)8-18/h5-7,18H,4,8H2,1-3H3. The zero-order valence-electron chi connectivity index (χ0n) is 10.9. The van der Waals surface area contributed by atoms with Gasteiger partial charge in [0.25, 0.3) is 0 Å². The van der Waals surface area contributed by atoms with E-state index in [9.17, 15) is 5.11 Å². The lowest BCUT2D eigenvalue weighted by molar-refractivity contribution is 0.281. The smallest absolute Gasteiger partial charge is 0.0705 e. The second-order valence-electron chi connectivity index (χ2n) is 4.35. The van der Waals surface area contributed by atoms with Gasteiger partial charge in [-0.3, -0.25) is 0 Å². The summed E-state index contributed by atoms with van der Waals surface area (Å²) in [5.74, 6) is 0. The summed E-state index contributed by atoms with van der Waals surface area (Å²) in [4.78, 5) is 0. The van der Waals surface area contributed by atoms with Crippen molar-refractivity contribution in [2.75, 3.05) is 0 Å². The van der Waals surface area contributed by atoms with Crippen molar-refractivity contribution in [3.8, 4) is 5.69 Å². The Morgan fingerprint density at radius 2 is 2.06 bits per heavy atom. The number of halogens is 1. The van der Waals surface area contributed by atoms with Gasteiger partial charge in [0.05, 0.1) is 18.0 Å². The van der Waals surface area contributed by atoms with Gasteiger partial charge in [-0.1, -0.05) is 18.5 Å². The third kappa shape index (κ3) is 2.16. The summed E-state index contributed by atoms with van der Waals surface area (Å²) in [6.45, 7) is 6.14. The maximum atomic E-state index is 9.43. The fourth-order valence-electron chi connectivity index (χ4n) is 2.31. The Bertz CT molecular complexity index is 575. The molecule has 0 aliphatic carbocycles. The van der Waals surface area contributed by atoms with Crippen molar-refractivity contribution in [2.24, 2.45) is 0 Å². The Morgan fingerprint density at radius 1 is 1.33 bits per heavy atom. The highest BCUT2D eigenvalue weighted by molar-refractivity contribution is 6.30. The number of aliphatic hydroxyl groups is 1. The molecule has 3 nitrogen and oxygen atoms in total. The first kappa shape index (κ1) is 13.1. The highest BCUT2D eigenvalue weighted by atomic mass is 35.5. The molecule has 96 valence electrons. The van der Waals surface area contributed by atoms with Crippen LogP contribution in [0.25, 0.3) is 5.69 Å². The van der Waals surface area contributed by atoms with Crippen LogP contribution in [0.1, 0.15) is 29.4 Å². The number of nitrogens with zero attached hydrogens (tertiary/aromatic N) is 2. The monoisotopic (exact) mass is 264 g/mol. The van der Waals surface area contributed by atoms with E-state index in [2.05, 4.69) is 18.9 Å².